The van der Waals surface area contributed by atoms with E-state index in [2.05, 4.69) is 50.1 Å². The van der Waals surface area contributed by atoms with Crippen LogP contribution in [0, 0.1) is 0 Å². The van der Waals surface area contributed by atoms with Gasteiger partial charge in [-0.15, -0.1) is 0 Å². The molecule has 0 spiro atoms. The Balaban J connectivity index is 2.22. The first kappa shape index (κ1) is 9.69. The van der Waals surface area contributed by atoms with Crippen LogP contribution in [0.3, 0.4) is 0 Å². The molecular weight excluding hydrogens is 174 g/mol. The summed E-state index contributed by atoms with van der Waals surface area (Å²) in [5.41, 5.74) is 2.77. The van der Waals surface area contributed by atoms with Crippen molar-refractivity contribution in [2.45, 2.75) is 39.5 Å². The van der Waals surface area contributed by atoms with Crippen molar-refractivity contribution in [3.05, 3.63) is 35.4 Å². The van der Waals surface area contributed by atoms with Gasteiger partial charge in [0.05, 0.1) is 13.2 Å². The lowest BCUT2D eigenvalue weighted by Crippen LogP contribution is -2.42. The summed E-state index contributed by atoms with van der Waals surface area (Å²) in [7, 11) is 0. The lowest BCUT2D eigenvalue weighted by molar-refractivity contribution is -0.234. The van der Waals surface area contributed by atoms with E-state index in [1.165, 1.54) is 11.1 Å². The number of benzene rings is 1. The first-order chi connectivity index (χ1) is 6.57. The maximum Gasteiger partial charge on any atom is 0.0939 e. The summed E-state index contributed by atoms with van der Waals surface area (Å²) >= 11 is 0. The average molecular weight is 191 g/mol. The third kappa shape index (κ3) is 1.81. The van der Waals surface area contributed by atoms with Gasteiger partial charge in [0.1, 0.15) is 0 Å². The Kier molecular flexibility index (Phi) is 2.33. The highest BCUT2D eigenvalue weighted by molar-refractivity contribution is 5.27. The molecule has 0 amide bonds. The van der Waals surface area contributed by atoms with Gasteiger partial charge in [-0.25, -0.2) is 0 Å². The van der Waals surface area contributed by atoms with E-state index in [1.807, 2.05) is 0 Å². The van der Waals surface area contributed by atoms with E-state index in [0.717, 1.165) is 6.54 Å². The Labute approximate surface area is 85.4 Å². The van der Waals surface area contributed by atoms with Crippen LogP contribution < -0.4 is 0 Å². The summed E-state index contributed by atoms with van der Waals surface area (Å²) in [6, 6.07) is 8.46. The molecule has 0 aromatic heterocycles. The average Bonchev–Trinajstić information content (AvgIpc) is 2.16. The number of fused-ring (bicyclic) bond motifs is 1. The van der Waals surface area contributed by atoms with E-state index < -0.39 is 0 Å². The lowest BCUT2D eigenvalue weighted by Gasteiger charge is -2.37. The van der Waals surface area contributed by atoms with Crippen LogP contribution in [0.15, 0.2) is 24.3 Å². The fourth-order valence-electron chi connectivity index (χ4n) is 1.63. The summed E-state index contributed by atoms with van der Waals surface area (Å²) in [5.74, 6) is 0. The molecule has 0 aliphatic carbocycles. The van der Waals surface area contributed by atoms with Crippen LogP contribution in [0.25, 0.3) is 0 Å². The van der Waals surface area contributed by atoms with Gasteiger partial charge in [-0.05, 0) is 31.9 Å². The number of hydrogen-bond donors (Lipinski definition) is 0. The summed E-state index contributed by atoms with van der Waals surface area (Å²) < 4.78 is 0. The van der Waals surface area contributed by atoms with Crippen LogP contribution in [0.5, 0.6) is 0 Å². The molecule has 1 aliphatic rings. The summed E-state index contributed by atoms with van der Waals surface area (Å²) in [6.07, 6.45) is 0. The Morgan fingerprint density at radius 1 is 1.14 bits per heavy atom. The lowest BCUT2D eigenvalue weighted by atomic mass is 10.0. The van der Waals surface area contributed by atoms with E-state index in [1.54, 1.807) is 0 Å². The molecule has 0 bridgehead atoms. The predicted octanol–water partition coefficient (Wildman–Crippen LogP) is 2.73. The monoisotopic (exact) mass is 191 g/mol. The zero-order chi connectivity index (χ0) is 10.2. The Bertz CT molecular complexity index is 327. The molecule has 0 fully saturated rings. The van der Waals surface area contributed by atoms with Crippen LogP contribution in [0.2, 0.25) is 0 Å². The smallest absolute Gasteiger partial charge is 0.0939 e. The normalized spacial score (nSPS) is 17.9. The molecule has 1 aromatic rings. The second kappa shape index (κ2) is 3.37. The van der Waals surface area contributed by atoms with E-state index in [4.69, 9.17) is 4.84 Å². The molecule has 0 saturated heterocycles. The Hall–Kier alpha value is -0.860. The minimum Gasteiger partial charge on any atom is -0.293 e. The van der Waals surface area contributed by atoms with Gasteiger partial charge in [0, 0.05) is 5.54 Å². The van der Waals surface area contributed by atoms with E-state index in [9.17, 15) is 0 Å². The quantitative estimate of drug-likeness (QED) is 0.625. The molecule has 0 atom stereocenters. The molecule has 0 radical (unpaired) electrons. The van der Waals surface area contributed by atoms with Crippen molar-refractivity contribution in [1.29, 1.82) is 0 Å². The maximum atomic E-state index is 5.70. The molecule has 2 rings (SSSR count). The second-order valence-corrected chi connectivity index (χ2v) is 4.75. The van der Waals surface area contributed by atoms with Crippen LogP contribution in [0.4, 0.5) is 0 Å². The molecule has 1 heterocycles. The molecule has 1 aliphatic heterocycles. The molecule has 14 heavy (non-hydrogen) atoms. The van der Waals surface area contributed by atoms with Crippen molar-refractivity contribution in [2.24, 2.45) is 0 Å². The summed E-state index contributed by atoms with van der Waals surface area (Å²) in [6.45, 7) is 8.09. The van der Waals surface area contributed by atoms with Gasteiger partial charge in [-0.3, -0.25) is 4.84 Å². The van der Waals surface area contributed by atoms with Gasteiger partial charge in [-0.1, -0.05) is 24.3 Å². The van der Waals surface area contributed by atoms with Gasteiger partial charge in [0.15, 0.2) is 0 Å². The van der Waals surface area contributed by atoms with Crippen molar-refractivity contribution in [3.63, 3.8) is 0 Å². The largest absolute Gasteiger partial charge is 0.293 e. The van der Waals surface area contributed by atoms with Crippen molar-refractivity contribution >= 4 is 0 Å². The van der Waals surface area contributed by atoms with E-state index in [0.29, 0.717) is 6.61 Å². The molecule has 2 heteroatoms. The first-order valence-corrected chi connectivity index (χ1v) is 5.05. The number of rotatable bonds is 0. The Morgan fingerprint density at radius 3 is 2.43 bits per heavy atom. The van der Waals surface area contributed by atoms with Gasteiger partial charge in [-0.2, -0.15) is 5.06 Å². The molecule has 0 unspecified atom stereocenters. The third-order valence-electron chi connectivity index (χ3n) is 2.56. The SMILES string of the molecule is CC(C)(C)N1Cc2ccccc2CO1. The number of nitrogens with zero attached hydrogens (tertiary/aromatic N) is 1. The zero-order valence-corrected chi connectivity index (χ0v) is 9.08. The van der Waals surface area contributed by atoms with Crippen molar-refractivity contribution < 1.29 is 4.84 Å². The minimum absolute atomic E-state index is 0.0769. The standard InChI is InChI=1S/C12H17NO/c1-12(2,3)13-8-10-6-4-5-7-11(10)9-14-13/h4-7H,8-9H2,1-3H3. The first-order valence-electron chi connectivity index (χ1n) is 5.05. The number of hydrogen-bond acceptors (Lipinski definition) is 2. The highest BCUT2D eigenvalue weighted by Crippen LogP contribution is 2.25. The summed E-state index contributed by atoms with van der Waals surface area (Å²) in [4.78, 5) is 5.70. The highest BCUT2D eigenvalue weighted by Gasteiger charge is 2.26. The minimum atomic E-state index is 0.0769. The molecule has 2 nitrogen and oxygen atoms in total. The van der Waals surface area contributed by atoms with Crippen LogP contribution in [-0.2, 0) is 18.0 Å². The highest BCUT2D eigenvalue weighted by atomic mass is 16.7. The molecule has 76 valence electrons. The van der Waals surface area contributed by atoms with Crippen LogP contribution in [-0.4, -0.2) is 10.6 Å². The van der Waals surface area contributed by atoms with Gasteiger partial charge in [0.2, 0.25) is 0 Å². The molecule has 0 saturated carbocycles. The molecule has 1 aromatic carbocycles. The number of hydroxylamine groups is 2. The van der Waals surface area contributed by atoms with Crippen molar-refractivity contribution in [1.82, 2.24) is 5.06 Å². The second-order valence-electron chi connectivity index (χ2n) is 4.75. The van der Waals surface area contributed by atoms with E-state index >= 15 is 0 Å². The summed E-state index contributed by atoms with van der Waals surface area (Å²) in [5, 5.41) is 2.05. The van der Waals surface area contributed by atoms with Gasteiger partial charge in [0.25, 0.3) is 0 Å². The van der Waals surface area contributed by atoms with Gasteiger partial charge >= 0.3 is 0 Å². The van der Waals surface area contributed by atoms with E-state index in [-0.39, 0.29) is 5.54 Å². The topological polar surface area (TPSA) is 12.5 Å². The fourth-order valence-corrected chi connectivity index (χ4v) is 1.63. The van der Waals surface area contributed by atoms with Crippen LogP contribution in [0.1, 0.15) is 31.9 Å². The molecular formula is C12H17NO. The molecule has 0 N–H and O–H groups in total. The van der Waals surface area contributed by atoms with Crippen LogP contribution >= 0.6 is 0 Å². The van der Waals surface area contributed by atoms with Gasteiger partial charge < -0.3 is 0 Å². The fraction of sp³-hybridized carbons (Fsp3) is 0.500. The third-order valence-corrected chi connectivity index (χ3v) is 2.56. The predicted molar refractivity (Wildman–Crippen MR) is 56.5 cm³/mol. The Morgan fingerprint density at radius 2 is 1.79 bits per heavy atom. The maximum absolute atomic E-state index is 5.70. The zero-order valence-electron chi connectivity index (χ0n) is 9.08. The van der Waals surface area contributed by atoms with Crippen molar-refractivity contribution in [3.8, 4) is 0 Å². The van der Waals surface area contributed by atoms with Crippen molar-refractivity contribution in [2.75, 3.05) is 0 Å².